The first kappa shape index (κ1) is 77.2. The van der Waals surface area contributed by atoms with Crippen LogP contribution >= 0.6 is 15.9 Å². The van der Waals surface area contributed by atoms with Crippen molar-refractivity contribution in [1.29, 1.82) is 0 Å². The Morgan fingerprint density at radius 2 is 1.07 bits per heavy atom. The lowest BCUT2D eigenvalue weighted by atomic mass is 9.45. The Bertz CT molecular complexity index is 3780. The van der Waals surface area contributed by atoms with Crippen molar-refractivity contribution in [3.63, 3.8) is 0 Å². The largest absolute Gasteiger partial charge is 0.494 e. The summed E-state index contributed by atoms with van der Waals surface area (Å²) in [5.41, 5.74) is 21.0. The van der Waals surface area contributed by atoms with Crippen LogP contribution in [0.1, 0.15) is 141 Å². The summed E-state index contributed by atoms with van der Waals surface area (Å²) in [4.78, 5) is 72.3. The van der Waals surface area contributed by atoms with Gasteiger partial charge >= 0.3 is 19.1 Å². The normalized spacial score (nSPS) is 29.3. The Labute approximate surface area is 593 Å². The number of carboxylic acid groups (broad SMARTS) is 2. The molecule has 0 spiro atoms. The minimum Gasteiger partial charge on any atom is -0.478 e. The number of hydroxylamine groups is 4. The number of hydrogen-bond donors (Lipinski definition) is 6. The van der Waals surface area contributed by atoms with Crippen molar-refractivity contribution >= 4 is 63.6 Å². The SMILES string of the molecule is CN(C)c1cc(B2OC(C)(C)C(C)(C)O2)cc(C(=O)O)c1.C[C@@H]1[C@@H](NC(=O)[C@@H]2[C@H]([C@H](C)O)[C@H](CN=[N+]=[N-])ON2Cc2cccc(-c3cc(C(=O)O)cc(N(C)C)c3)c2F)C[C@H]2C[C@@H]1C2(C)C.C[C@@H]1[C@@H](NC(=O)[C@@H]2[C@H]([C@H](C)O)[C@H](CN=[N+]=[N-])ON2Cc2cccc(Br)c2F)C[C@H]2C[C@@H]1C2(C)C. The molecule has 3 aliphatic heterocycles. The predicted molar refractivity (Wildman–Crippen MR) is 380 cm³/mol. The number of aliphatic hydroxyl groups excluding tert-OH is 2. The molecule has 24 nitrogen and oxygen atoms in total. The van der Waals surface area contributed by atoms with Crippen LogP contribution in [0.25, 0.3) is 32.0 Å². The Kier molecular flexibility index (Phi) is 23.6. The maximum Gasteiger partial charge on any atom is 0.494 e. The maximum atomic E-state index is 16.2. The van der Waals surface area contributed by atoms with E-state index >= 15 is 4.39 Å². The first-order chi connectivity index (χ1) is 46.8. The number of carbonyl (C=O) groups is 4. The highest BCUT2D eigenvalue weighted by Crippen LogP contribution is 2.62. The number of benzene rings is 4. The minimum absolute atomic E-state index is 0.0118. The fourth-order valence-electron chi connectivity index (χ4n) is 16.4. The third kappa shape index (κ3) is 15.8. The zero-order chi connectivity index (χ0) is 73.6. The van der Waals surface area contributed by atoms with Crippen molar-refractivity contribution in [2.75, 3.05) is 51.1 Å². The zero-order valence-electron chi connectivity index (χ0n) is 60.1. The van der Waals surface area contributed by atoms with E-state index in [1.165, 1.54) is 28.7 Å². The van der Waals surface area contributed by atoms with Crippen LogP contribution < -0.4 is 25.9 Å². The lowest BCUT2D eigenvalue weighted by Crippen LogP contribution is -2.62. The summed E-state index contributed by atoms with van der Waals surface area (Å²) >= 11 is 3.20. The number of hydrogen-bond acceptors (Lipinski definition) is 16. The molecule has 4 aromatic rings. The number of halogens is 3. The fraction of sp³-hybridized carbons (Fsp3) is 0.611. The molecule has 13 rings (SSSR count). The van der Waals surface area contributed by atoms with Crippen LogP contribution in [0.4, 0.5) is 20.2 Å². The number of azide groups is 2. The molecular formula is C72H98BBrF2N12O12. The smallest absolute Gasteiger partial charge is 0.478 e. The molecule has 100 heavy (non-hydrogen) atoms. The highest BCUT2D eigenvalue weighted by atomic mass is 79.9. The second kappa shape index (κ2) is 30.6. The van der Waals surface area contributed by atoms with Gasteiger partial charge in [-0.15, -0.1) is 0 Å². The van der Waals surface area contributed by atoms with Crippen molar-refractivity contribution < 1.29 is 67.4 Å². The molecule has 0 aromatic heterocycles. The van der Waals surface area contributed by atoms with Crippen LogP contribution in [0.2, 0.25) is 0 Å². The lowest BCUT2D eigenvalue weighted by Gasteiger charge is -2.62. The average Bonchev–Trinajstić information content (AvgIpc) is 1.09. The van der Waals surface area contributed by atoms with E-state index in [-0.39, 0.29) is 83.7 Å². The third-order valence-corrected chi connectivity index (χ3v) is 24.0. The van der Waals surface area contributed by atoms with Gasteiger partial charge in [0.2, 0.25) is 11.8 Å². The average molecular weight is 1450 g/mol. The number of aliphatic hydroxyl groups is 2. The molecule has 28 heteroatoms. The van der Waals surface area contributed by atoms with E-state index in [4.69, 9.17) is 30.0 Å². The number of aromatic carboxylic acids is 2. The maximum absolute atomic E-state index is 16.2. The summed E-state index contributed by atoms with van der Waals surface area (Å²) in [5.74, 6) is -2.25. The van der Waals surface area contributed by atoms with Gasteiger partial charge in [-0.1, -0.05) is 82.1 Å². The molecule has 4 aromatic carbocycles. The number of carboxylic acids is 2. The van der Waals surface area contributed by atoms with Gasteiger partial charge in [0.25, 0.3) is 0 Å². The molecule has 0 radical (unpaired) electrons. The number of fused-ring (bicyclic) bond motifs is 4. The van der Waals surface area contributed by atoms with Crippen molar-refractivity contribution in [3.05, 3.63) is 132 Å². The standard InChI is InChI=1S/C33H43FN6O5.C24H33BrFN5O3.C15H22BNO4/c1-17-25-13-22(33(25,3)4)14-26(17)37-31(42)30-28(18(2)41)27(15-36-38-35)45-40(30)16-19-8-7-9-24(29(19)34)20-10-21(32(43)44)12-23(11-20)39(5)6;1-12-16-8-15(24(16,3)4)9-18(12)29-23(33)22-20(13(2)32)19(10-28-30-27)34-31(22)11-14-6-5-7-17(25)21(14)26;1-14(2)15(3,4)21-16(20-14)11-7-10(13(18)19)8-12(9-11)17(5)6/h7-12,17-18,22,25-28,30,41H,13-16H2,1-6H3,(H,37,42)(H,43,44);5-7,12-13,15-16,18-20,22,32H,8-11H2,1-4H3,(H,29,33);7-9H,1-6H3,(H,18,19)/t17-,18-,22+,25-,26-,27-,28+,30-;12-,13-,15+,16-,18-,19-,20+,22-;/m00./s1. The van der Waals surface area contributed by atoms with Crippen LogP contribution in [-0.4, -0.2) is 162 Å². The Balaban J connectivity index is 0.000000187. The van der Waals surface area contributed by atoms with E-state index in [0.29, 0.717) is 56.3 Å². The molecule has 0 unspecified atom stereocenters. The summed E-state index contributed by atoms with van der Waals surface area (Å²) in [6, 6.07) is 17.8. The molecular weight excluding hydrogens is 1350 g/mol. The van der Waals surface area contributed by atoms with Gasteiger partial charge < -0.3 is 50.2 Å². The highest BCUT2D eigenvalue weighted by Gasteiger charge is 2.60. The number of rotatable bonds is 20. The number of anilines is 2. The summed E-state index contributed by atoms with van der Waals surface area (Å²) < 4.78 is 43.3. The summed E-state index contributed by atoms with van der Waals surface area (Å²) in [6.45, 7) is 24.4. The zero-order valence-corrected chi connectivity index (χ0v) is 61.6. The Hall–Kier alpha value is -6.94. The summed E-state index contributed by atoms with van der Waals surface area (Å²) in [6.07, 6.45) is 0.768. The number of carbonyl (C=O) groups excluding carboxylic acids is 2. The van der Waals surface area contributed by atoms with Crippen molar-refractivity contribution in [3.8, 4) is 11.1 Å². The van der Waals surface area contributed by atoms with Gasteiger partial charge in [0.05, 0.1) is 77.4 Å². The molecule has 6 saturated carbocycles. The summed E-state index contributed by atoms with van der Waals surface area (Å²) in [7, 11) is 6.73. The molecule has 6 N–H and O–H groups in total. The molecule has 4 bridgehead atoms. The van der Waals surface area contributed by atoms with E-state index in [9.17, 15) is 44.0 Å². The van der Waals surface area contributed by atoms with Crippen LogP contribution in [0.15, 0.2) is 87.5 Å². The monoisotopic (exact) mass is 1450 g/mol. The molecule has 542 valence electrons. The van der Waals surface area contributed by atoms with Crippen LogP contribution in [0.3, 0.4) is 0 Å². The van der Waals surface area contributed by atoms with E-state index in [0.717, 1.165) is 30.4 Å². The first-order valence-electron chi connectivity index (χ1n) is 34.4. The van der Waals surface area contributed by atoms with E-state index in [1.54, 1.807) is 87.4 Å². The predicted octanol–water partition coefficient (Wildman–Crippen LogP) is 11.6. The van der Waals surface area contributed by atoms with Crippen LogP contribution in [-0.2, 0) is 41.7 Å². The second-order valence-corrected chi connectivity index (χ2v) is 31.8. The van der Waals surface area contributed by atoms with Gasteiger partial charge in [-0.2, -0.15) is 10.1 Å². The topological polar surface area (TPSA) is 321 Å². The van der Waals surface area contributed by atoms with Crippen LogP contribution in [0, 0.1) is 69.8 Å². The second-order valence-electron chi connectivity index (χ2n) is 31.0. The molecule has 9 fully saturated rings. The quantitative estimate of drug-likeness (QED) is 0.0207. The van der Waals surface area contributed by atoms with Gasteiger partial charge in [-0.25, -0.2) is 18.4 Å². The molecule has 2 amide bonds. The number of nitrogens with zero attached hydrogens (tertiary/aromatic N) is 10. The van der Waals surface area contributed by atoms with Gasteiger partial charge in [0, 0.05) is 90.0 Å². The molecule has 6 aliphatic carbocycles. The van der Waals surface area contributed by atoms with E-state index < -0.39 is 90.2 Å². The summed E-state index contributed by atoms with van der Waals surface area (Å²) in [5, 5.41) is 56.9. The van der Waals surface area contributed by atoms with Gasteiger partial charge in [0.15, 0.2) is 0 Å². The fourth-order valence-corrected chi connectivity index (χ4v) is 16.8. The minimum atomic E-state index is -1.13. The van der Waals surface area contributed by atoms with Crippen LogP contribution in [0.5, 0.6) is 0 Å². The van der Waals surface area contributed by atoms with Crippen molar-refractivity contribution in [1.82, 2.24) is 20.8 Å². The Morgan fingerprint density at radius 1 is 0.650 bits per heavy atom. The lowest BCUT2D eigenvalue weighted by molar-refractivity contribution is -0.176. The van der Waals surface area contributed by atoms with Gasteiger partial charge in [-0.05, 0) is 194 Å². The molecule has 9 aliphatic rings. The Morgan fingerprint density at radius 3 is 1.47 bits per heavy atom. The molecule has 3 saturated heterocycles. The van der Waals surface area contributed by atoms with Gasteiger partial charge in [-0.3, -0.25) is 19.3 Å². The van der Waals surface area contributed by atoms with E-state index in [2.05, 4.69) is 88.2 Å². The molecule has 3 heterocycles. The first-order valence-corrected chi connectivity index (χ1v) is 35.2. The van der Waals surface area contributed by atoms with Crippen molar-refractivity contribution in [2.45, 2.75) is 182 Å². The number of nitrogens with one attached hydrogen (secondary N) is 2. The molecule has 16 atom stereocenters. The third-order valence-electron chi connectivity index (χ3n) is 23.4. The highest BCUT2D eigenvalue weighted by molar-refractivity contribution is 9.10. The van der Waals surface area contributed by atoms with Crippen molar-refractivity contribution in [2.24, 2.45) is 68.4 Å². The van der Waals surface area contributed by atoms with E-state index in [1.807, 2.05) is 52.8 Å². The number of amides is 2. The van der Waals surface area contributed by atoms with Gasteiger partial charge in [0.1, 0.15) is 23.7 Å².